The standard InChI is InChI=1S/C29H35N9O3/c1-19-24(13-21(14-31-19)27(39)30-9-11-36-10-4-8-29(36,2)3)33-28(40)26-25-6-5-20(16-38(25)35-34-26)22-15-32-37(17-22)23-7-12-41-18-23/h5-6,13-17,23H,4,7-12,18H2,1-3H3,(H,30,39)(H,33,40)/t23-/m1/s1. The average molecular weight is 558 g/mol. The maximum absolute atomic E-state index is 13.2. The number of hydrogen-bond acceptors (Lipinski definition) is 8. The maximum Gasteiger partial charge on any atom is 0.278 e. The Labute approximate surface area is 238 Å². The number of carbonyl (C=O) groups is 2. The molecule has 0 radical (unpaired) electrons. The third-order valence-corrected chi connectivity index (χ3v) is 8.18. The lowest BCUT2D eigenvalue weighted by Gasteiger charge is -2.31. The fraction of sp³-hybridized carbons (Fsp3) is 0.448. The molecule has 4 aromatic rings. The third-order valence-electron chi connectivity index (χ3n) is 8.18. The molecule has 2 aliphatic rings. The molecule has 6 heterocycles. The van der Waals surface area contributed by atoms with Crippen LogP contribution in [0.25, 0.3) is 16.6 Å². The highest BCUT2D eigenvalue weighted by Crippen LogP contribution is 2.27. The SMILES string of the molecule is Cc1ncc(C(=O)NCCN2CCCC2(C)C)cc1NC(=O)c1nnn2cc(-c3cnn([C@@H]4CCOC4)c3)ccc12. The highest BCUT2D eigenvalue weighted by atomic mass is 16.5. The summed E-state index contributed by atoms with van der Waals surface area (Å²) in [6, 6.07) is 5.63. The summed E-state index contributed by atoms with van der Waals surface area (Å²) in [5, 5.41) is 18.6. The molecule has 2 aliphatic heterocycles. The summed E-state index contributed by atoms with van der Waals surface area (Å²) in [4.78, 5) is 32.8. The Morgan fingerprint density at radius 1 is 1.15 bits per heavy atom. The number of hydrogen-bond donors (Lipinski definition) is 2. The summed E-state index contributed by atoms with van der Waals surface area (Å²) in [7, 11) is 0. The zero-order chi connectivity index (χ0) is 28.6. The minimum Gasteiger partial charge on any atom is -0.379 e. The van der Waals surface area contributed by atoms with Crippen molar-refractivity contribution < 1.29 is 14.3 Å². The van der Waals surface area contributed by atoms with Gasteiger partial charge in [0.15, 0.2) is 5.69 Å². The van der Waals surface area contributed by atoms with Crippen LogP contribution in [0.15, 0.2) is 43.0 Å². The molecule has 2 N–H and O–H groups in total. The largest absolute Gasteiger partial charge is 0.379 e. The summed E-state index contributed by atoms with van der Waals surface area (Å²) in [6.07, 6.45) is 10.5. The van der Waals surface area contributed by atoms with Gasteiger partial charge in [-0.3, -0.25) is 24.2 Å². The van der Waals surface area contributed by atoms with E-state index in [1.807, 2.05) is 35.4 Å². The molecular weight excluding hydrogens is 522 g/mol. The molecule has 2 amide bonds. The van der Waals surface area contributed by atoms with Crippen LogP contribution in [0.2, 0.25) is 0 Å². The summed E-state index contributed by atoms with van der Waals surface area (Å²) in [5.41, 5.74) is 4.18. The normalized spacial score (nSPS) is 18.7. The van der Waals surface area contributed by atoms with Gasteiger partial charge in [0.25, 0.3) is 11.8 Å². The number of fused-ring (bicyclic) bond motifs is 1. The molecule has 0 spiro atoms. The van der Waals surface area contributed by atoms with Gasteiger partial charge in [-0.15, -0.1) is 5.10 Å². The predicted molar refractivity (Wildman–Crippen MR) is 153 cm³/mol. The van der Waals surface area contributed by atoms with Crippen LogP contribution in [0, 0.1) is 6.92 Å². The Balaban J connectivity index is 1.12. The number of amides is 2. The molecule has 2 saturated heterocycles. The molecule has 6 rings (SSSR count). The van der Waals surface area contributed by atoms with E-state index in [4.69, 9.17) is 4.74 Å². The van der Waals surface area contributed by atoms with Crippen molar-refractivity contribution in [3.05, 3.63) is 59.9 Å². The van der Waals surface area contributed by atoms with Crippen molar-refractivity contribution >= 4 is 23.0 Å². The van der Waals surface area contributed by atoms with Crippen LogP contribution in [0.3, 0.4) is 0 Å². The van der Waals surface area contributed by atoms with Crippen LogP contribution < -0.4 is 10.6 Å². The highest BCUT2D eigenvalue weighted by molar-refractivity contribution is 6.08. The number of pyridine rings is 2. The highest BCUT2D eigenvalue weighted by Gasteiger charge is 2.31. The van der Waals surface area contributed by atoms with Gasteiger partial charge >= 0.3 is 0 Å². The van der Waals surface area contributed by atoms with E-state index in [2.05, 4.69) is 49.8 Å². The van der Waals surface area contributed by atoms with Crippen LogP contribution >= 0.6 is 0 Å². The molecule has 0 aromatic carbocycles. The van der Waals surface area contributed by atoms with Crippen molar-refractivity contribution in [3.8, 4) is 11.1 Å². The van der Waals surface area contributed by atoms with E-state index >= 15 is 0 Å². The molecule has 12 heteroatoms. The molecule has 1 atom stereocenters. The molecule has 41 heavy (non-hydrogen) atoms. The number of rotatable bonds is 8. The number of nitrogens with zero attached hydrogens (tertiary/aromatic N) is 7. The van der Waals surface area contributed by atoms with Crippen molar-refractivity contribution in [2.45, 2.75) is 51.6 Å². The lowest BCUT2D eigenvalue weighted by Crippen LogP contribution is -2.43. The fourth-order valence-electron chi connectivity index (χ4n) is 5.59. The minimum absolute atomic E-state index is 0.162. The molecule has 12 nitrogen and oxygen atoms in total. The molecule has 2 fully saturated rings. The maximum atomic E-state index is 13.2. The van der Waals surface area contributed by atoms with E-state index in [0.717, 1.165) is 43.7 Å². The van der Waals surface area contributed by atoms with Crippen molar-refractivity contribution in [3.63, 3.8) is 0 Å². The fourth-order valence-corrected chi connectivity index (χ4v) is 5.59. The second kappa shape index (κ2) is 11.0. The van der Waals surface area contributed by atoms with Crippen LogP contribution in [-0.4, -0.2) is 84.7 Å². The minimum atomic E-state index is -0.430. The molecule has 4 aromatic heterocycles. The number of ether oxygens (including phenoxy) is 1. The Bertz CT molecular complexity index is 1590. The quantitative estimate of drug-likeness (QED) is 0.338. The van der Waals surface area contributed by atoms with Crippen molar-refractivity contribution in [2.75, 3.05) is 38.2 Å². The third kappa shape index (κ3) is 5.57. The second-order valence-electron chi connectivity index (χ2n) is 11.4. The van der Waals surface area contributed by atoms with Gasteiger partial charge in [-0.2, -0.15) is 5.10 Å². The van der Waals surface area contributed by atoms with Gasteiger partial charge in [0.1, 0.15) is 0 Å². The Hall–Kier alpha value is -4.16. The first-order valence-corrected chi connectivity index (χ1v) is 14.1. The van der Waals surface area contributed by atoms with E-state index < -0.39 is 5.91 Å². The first-order valence-electron chi connectivity index (χ1n) is 14.1. The van der Waals surface area contributed by atoms with Crippen LogP contribution in [0.4, 0.5) is 5.69 Å². The average Bonchev–Trinajstić information content (AvgIpc) is 3.76. The van der Waals surface area contributed by atoms with E-state index in [9.17, 15) is 9.59 Å². The van der Waals surface area contributed by atoms with Gasteiger partial charge in [-0.1, -0.05) is 11.3 Å². The van der Waals surface area contributed by atoms with E-state index in [1.54, 1.807) is 17.5 Å². The van der Waals surface area contributed by atoms with Crippen LogP contribution in [0.5, 0.6) is 0 Å². The van der Waals surface area contributed by atoms with Crippen LogP contribution in [0.1, 0.15) is 65.7 Å². The first kappa shape index (κ1) is 27.0. The summed E-state index contributed by atoms with van der Waals surface area (Å²) < 4.78 is 8.99. The molecular formula is C29H35N9O3. The van der Waals surface area contributed by atoms with E-state index in [1.165, 1.54) is 12.6 Å². The zero-order valence-electron chi connectivity index (χ0n) is 23.6. The lowest BCUT2D eigenvalue weighted by atomic mass is 10.0. The number of aromatic nitrogens is 6. The van der Waals surface area contributed by atoms with Gasteiger partial charge < -0.3 is 15.4 Å². The van der Waals surface area contributed by atoms with Gasteiger partial charge in [0, 0.05) is 55.0 Å². The second-order valence-corrected chi connectivity index (χ2v) is 11.4. The van der Waals surface area contributed by atoms with Crippen LogP contribution in [-0.2, 0) is 4.74 Å². The molecule has 0 bridgehead atoms. The topological polar surface area (TPSA) is 132 Å². The van der Waals surface area contributed by atoms with Crippen molar-refractivity contribution in [2.24, 2.45) is 0 Å². The number of anilines is 1. The molecule has 0 unspecified atom stereocenters. The number of carbonyl (C=O) groups excluding carboxylic acids is 2. The monoisotopic (exact) mass is 557 g/mol. The van der Waals surface area contributed by atoms with Gasteiger partial charge in [-0.25, -0.2) is 4.52 Å². The zero-order valence-corrected chi connectivity index (χ0v) is 23.6. The lowest BCUT2D eigenvalue weighted by molar-refractivity contribution is 0.0938. The van der Waals surface area contributed by atoms with E-state index in [-0.39, 0.29) is 23.2 Å². The van der Waals surface area contributed by atoms with Crippen molar-refractivity contribution in [1.29, 1.82) is 0 Å². The molecule has 0 aliphatic carbocycles. The van der Waals surface area contributed by atoms with Crippen molar-refractivity contribution in [1.82, 2.24) is 39.8 Å². The summed E-state index contributed by atoms with van der Waals surface area (Å²) in [5.74, 6) is -0.657. The Kier molecular flexibility index (Phi) is 7.26. The van der Waals surface area contributed by atoms with Gasteiger partial charge in [0.05, 0.1) is 41.3 Å². The molecule has 0 saturated carbocycles. The summed E-state index contributed by atoms with van der Waals surface area (Å²) >= 11 is 0. The number of likely N-dealkylation sites (tertiary alicyclic amines) is 1. The van der Waals surface area contributed by atoms with Gasteiger partial charge in [0.2, 0.25) is 0 Å². The number of nitrogens with one attached hydrogen (secondary N) is 2. The summed E-state index contributed by atoms with van der Waals surface area (Å²) in [6.45, 7) is 10.1. The van der Waals surface area contributed by atoms with E-state index in [0.29, 0.717) is 35.6 Å². The Morgan fingerprint density at radius 3 is 2.80 bits per heavy atom. The predicted octanol–water partition coefficient (Wildman–Crippen LogP) is 3.11. The first-order chi connectivity index (χ1) is 19.8. The smallest absolute Gasteiger partial charge is 0.278 e. The molecule has 214 valence electrons. The number of aryl methyl sites for hydroxylation is 1. The van der Waals surface area contributed by atoms with Gasteiger partial charge in [-0.05, 0) is 58.7 Å². The Morgan fingerprint density at radius 2 is 2.02 bits per heavy atom.